The first-order chi connectivity index (χ1) is 13.2. The van der Waals surface area contributed by atoms with Gasteiger partial charge >= 0.3 is 0 Å². The van der Waals surface area contributed by atoms with Gasteiger partial charge in [-0.05, 0) is 42.7 Å². The first-order valence-electron chi connectivity index (χ1n) is 9.18. The number of carbonyl (C=O) groups excluding carboxylic acids is 1. The number of amides is 1. The second-order valence-corrected chi connectivity index (χ2v) is 9.06. The maximum Gasteiger partial charge on any atom is 0.233 e. The number of piperazine rings is 1. The van der Waals surface area contributed by atoms with Crippen molar-refractivity contribution in [3.8, 4) is 0 Å². The Morgan fingerprint density at radius 1 is 1.07 bits per heavy atom. The Balaban J connectivity index is 1.29. The number of aromatic nitrogens is 2. The quantitative estimate of drug-likeness (QED) is 0.618. The van der Waals surface area contributed by atoms with Crippen molar-refractivity contribution in [3.05, 3.63) is 52.6 Å². The zero-order valence-electron chi connectivity index (χ0n) is 14.8. The van der Waals surface area contributed by atoms with Gasteiger partial charge in [0.1, 0.15) is 10.3 Å². The van der Waals surface area contributed by atoms with Gasteiger partial charge in [-0.2, -0.15) is 0 Å². The van der Waals surface area contributed by atoms with Crippen LogP contribution in [0.25, 0.3) is 10.3 Å². The van der Waals surface area contributed by atoms with Crippen LogP contribution in [0.1, 0.15) is 18.4 Å². The lowest BCUT2D eigenvalue weighted by Crippen LogP contribution is -2.51. The fraction of sp³-hybridized carbons (Fsp3) is 0.350. The predicted octanol–water partition coefficient (Wildman–Crippen LogP) is 3.83. The molecule has 1 aliphatic heterocycles. The van der Waals surface area contributed by atoms with Gasteiger partial charge in [-0.25, -0.2) is 9.97 Å². The minimum absolute atomic E-state index is 0.287. The normalized spacial score (nSPS) is 18.7. The van der Waals surface area contributed by atoms with Crippen LogP contribution in [0, 0.1) is 0 Å². The lowest BCUT2D eigenvalue weighted by atomic mass is 9.94. The molecule has 1 amide bonds. The Morgan fingerprint density at radius 2 is 1.81 bits per heavy atom. The van der Waals surface area contributed by atoms with Crippen LogP contribution in [0.4, 0.5) is 5.13 Å². The number of hydrogen-bond donors (Lipinski definition) is 0. The number of rotatable bonds is 3. The van der Waals surface area contributed by atoms with Gasteiger partial charge in [-0.15, -0.1) is 0 Å². The minimum Gasteiger partial charge on any atom is -0.344 e. The molecule has 5 rings (SSSR count). The Bertz CT molecular complexity index is 958. The maximum absolute atomic E-state index is 13.2. The summed E-state index contributed by atoms with van der Waals surface area (Å²) in [6, 6.07) is 12.1. The first kappa shape index (κ1) is 17.1. The number of thiazole rings is 1. The van der Waals surface area contributed by atoms with E-state index >= 15 is 0 Å². The highest BCUT2D eigenvalue weighted by molar-refractivity contribution is 9.10. The number of halogens is 1. The van der Waals surface area contributed by atoms with Crippen molar-refractivity contribution in [3.63, 3.8) is 0 Å². The molecule has 0 radical (unpaired) electrons. The van der Waals surface area contributed by atoms with Gasteiger partial charge in [-0.3, -0.25) is 4.79 Å². The van der Waals surface area contributed by atoms with Crippen molar-refractivity contribution in [2.45, 2.75) is 18.3 Å². The molecular formula is C20H19BrN4OS. The molecular weight excluding hydrogens is 424 g/mol. The van der Waals surface area contributed by atoms with Gasteiger partial charge in [0.2, 0.25) is 5.91 Å². The summed E-state index contributed by atoms with van der Waals surface area (Å²) in [6.45, 7) is 3.14. The molecule has 0 bridgehead atoms. The number of pyridine rings is 1. The summed E-state index contributed by atoms with van der Waals surface area (Å²) in [6.07, 6.45) is 3.71. The molecule has 1 aromatic carbocycles. The van der Waals surface area contributed by atoms with Crippen LogP contribution in [0.5, 0.6) is 0 Å². The molecule has 3 heterocycles. The minimum atomic E-state index is -0.289. The average Bonchev–Trinajstić information content (AvgIpc) is 3.40. The summed E-state index contributed by atoms with van der Waals surface area (Å²) in [5.41, 5.74) is 1.81. The maximum atomic E-state index is 13.2. The molecule has 1 saturated carbocycles. The molecule has 138 valence electrons. The molecule has 1 saturated heterocycles. The summed E-state index contributed by atoms with van der Waals surface area (Å²) >= 11 is 5.10. The highest BCUT2D eigenvalue weighted by Crippen LogP contribution is 2.50. The van der Waals surface area contributed by atoms with Crippen molar-refractivity contribution in [2.75, 3.05) is 31.1 Å². The number of benzene rings is 1. The van der Waals surface area contributed by atoms with Crippen LogP contribution >= 0.6 is 27.3 Å². The highest BCUT2D eigenvalue weighted by Gasteiger charge is 2.53. The van der Waals surface area contributed by atoms with Gasteiger partial charge in [0.05, 0.1) is 5.41 Å². The van der Waals surface area contributed by atoms with Crippen molar-refractivity contribution in [2.24, 2.45) is 0 Å². The molecule has 0 atom stereocenters. The van der Waals surface area contributed by atoms with Crippen molar-refractivity contribution in [1.82, 2.24) is 14.9 Å². The van der Waals surface area contributed by atoms with Crippen LogP contribution in [-0.2, 0) is 10.2 Å². The Morgan fingerprint density at radius 3 is 2.48 bits per heavy atom. The number of nitrogens with zero attached hydrogens (tertiary/aromatic N) is 4. The molecule has 2 aliphatic rings. The largest absolute Gasteiger partial charge is 0.344 e. The zero-order valence-corrected chi connectivity index (χ0v) is 17.2. The van der Waals surface area contributed by atoms with E-state index in [-0.39, 0.29) is 11.3 Å². The lowest BCUT2D eigenvalue weighted by molar-refractivity contribution is -0.134. The Hall–Kier alpha value is -1.99. The molecule has 5 nitrogen and oxygen atoms in total. The van der Waals surface area contributed by atoms with E-state index in [9.17, 15) is 4.79 Å². The third kappa shape index (κ3) is 3.02. The smallest absolute Gasteiger partial charge is 0.233 e. The monoisotopic (exact) mass is 442 g/mol. The standard InChI is InChI=1S/C20H19BrN4OS/c21-15-5-3-14(4-6-15)20(7-8-20)18(26)24-10-12-25(13-11-24)19-23-16-2-1-9-22-17(16)27-19/h1-6,9H,7-8,10-13H2. The lowest BCUT2D eigenvalue weighted by Gasteiger charge is -2.36. The third-order valence-corrected chi connectivity index (χ3v) is 7.12. The first-order valence-corrected chi connectivity index (χ1v) is 10.8. The van der Waals surface area contributed by atoms with Gasteiger partial charge in [0.25, 0.3) is 0 Å². The average molecular weight is 443 g/mol. The Labute approximate surface area is 170 Å². The number of hydrogen-bond acceptors (Lipinski definition) is 5. The van der Waals surface area contributed by atoms with E-state index in [2.05, 4.69) is 37.9 Å². The van der Waals surface area contributed by atoms with E-state index in [1.807, 2.05) is 29.2 Å². The Kier molecular flexibility index (Phi) is 4.16. The van der Waals surface area contributed by atoms with E-state index in [0.717, 1.165) is 64.5 Å². The fourth-order valence-electron chi connectivity index (χ4n) is 3.82. The second kappa shape index (κ2) is 6.56. The van der Waals surface area contributed by atoms with Gasteiger partial charge in [0.15, 0.2) is 5.13 Å². The van der Waals surface area contributed by atoms with Gasteiger partial charge in [0, 0.05) is 36.8 Å². The van der Waals surface area contributed by atoms with Crippen LogP contribution in [0.3, 0.4) is 0 Å². The van der Waals surface area contributed by atoms with E-state index in [4.69, 9.17) is 4.98 Å². The molecule has 0 spiro atoms. The molecule has 2 aromatic heterocycles. The summed E-state index contributed by atoms with van der Waals surface area (Å²) < 4.78 is 1.05. The van der Waals surface area contributed by atoms with Gasteiger partial charge in [-0.1, -0.05) is 39.4 Å². The topological polar surface area (TPSA) is 49.3 Å². The molecule has 1 aliphatic carbocycles. The van der Waals surface area contributed by atoms with E-state index < -0.39 is 0 Å². The van der Waals surface area contributed by atoms with Crippen LogP contribution in [-0.4, -0.2) is 47.0 Å². The molecule has 27 heavy (non-hydrogen) atoms. The molecule has 7 heteroatoms. The fourth-order valence-corrected chi connectivity index (χ4v) is 5.04. The van der Waals surface area contributed by atoms with E-state index in [0.29, 0.717) is 0 Å². The number of carbonyl (C=O) groups is 1. The number of fused-ring (bicyclic) bond motifs is 1. The van der Waals surface area contributed by atoms with Crippen LogP contribution in [0.2, 0.25) is 0 Å². The summed E-state index contributed by atoms with van der Waals surface area (Å²) in [4.78, 5) is 27.6. The predicted molar refractivity (Wildman–Crippen MR) is 111 cm³/mol. The zero-order chi connectivity index (χ0) is 18.4. The molecule has 2 fully saturated rings. The summed E-state index contributed by atoms with van der Waals surface area (Å²) in [5, 5.41) is 1.00. The van der Waals surface area contributed by atoms with E-state index in [1.54, 1.807) is 17.5 Å². The van der Waals surface area contributed by atoms with Crippen molar-refractivity contribution >= 4 is 48.7 Å². The van der Waals surface area contributed by atoms with Crippen LogP contribution < -0.4 is 4.90 Å². The third-order valence-electron chi connectivity index (χ3n) is 5.55. The van der Waals surface area contributed by atoms with Crippen molar-refractivity contribution in [1.29, 1.82) is 0 Å². The second-order valence-electron chi connectivity index (χ2n) is 7.19. The summed E-state index contributed by atoms with van der Waals surface area (Å²) in [7, 11) is 0. The number of anilines is 1. The summed E-state index contributed by atoms with van der Waals surface area (Å²) in [5.74, 6) is 0.287. The molecule has 0 unspecified atom stereocenters. The SMILES string of the molecule is O=C(N1CCN(c2nc3cccnc3s2)CC1)C1(c2ccc(Br)cc2)CC1. The molecule has 3 aromatic rings. The van der Waals surface area contributed by atoms with Crippen LogP contribution in [0.15, 0.2) is 47.1 Å². The highest BCUT2D eigenvalue weighted by atomic mass is 79.9. The van der Waals surface area contributed by atoms with Crippen molar-refractivity contribution < 1.29 is 4.79 Å². The molecule has 0 N–H and O–H groups in total. The van der Waals surface area contributed by atoms with E-state index in [1.165, 1.54) is 0 Å². The van der Waals surface area contributed by atoms with Gasteiger partial charge < -0.3 is 9.80 Å².